The van der Waals surface area contributed by atoms with Crippen molar-refractivity contribution >= 4 is 27.7 Å². The smallest absolute Gasteiger partial charge is 0.253 e. The Morgan fingerprint density at radius 3 is 2.76 bits per heavy atom. The first-order valence-corrected chi connectivity index (χ1v) is 11.1. The summed E-state index contributed by atoms with van der Waals surface area (Å²) >= 11 is 1.76. The first-order chi connectivity index (χ1) is 12.0. The molecule has 0 N–H and O–H groups in total. The molecule has 3 rings (SSSR count). The lowest BCUT2D eigenvalue weighted by molar-refractivity contribution is 0.0775. The van der Waals surface area contributed by atoms with Gasteiger partial charge in [-0.05, 0) is 24.6 Å². The molecule has 1 aromatic rings. The minimum absolute atomic E-state index is 0.107. The fraction of sp³-hybridized carbons (Fsp3) is 0.588. The summed E-state index contributed by atoms with van der Waals surface area (Å²) in [6.45, 7) is 3.04. The van der Waals surface area contributed by atoms with Gasteiger partial charge in [0.25, 0.3) is 5.91 Å². The molecule has 0 spiro atoms. The summed E-state index contributed by atoms with van der Waals surface area (Å²) in [6, 6.07) is 6.44. The molecule has 1 aromatic carbocycles. The summed E-state index contributed by atoms with van der Waals surface area (Å²) in [7, 11) is -1.87. The predicted octanol–water partition coefficient (Wildman–Crippen LogP) is 1.53. The number of methoxy groups -OCH3 is 1. The number of ether oxygens (including phenoxy) is 1. The van der Waals surface area contributed by atoms with Crippen LogP contribution in [-0.4, -0.2) is 74.9 Å². The Morgan fingerprint density at radius 1 is 1.28 bits per heavy atom. The van der Waals surface area contributed by atoms with Gasteiger partial charge in [-0.15, -0.1) is 0 Å². The maximum absolute atomic E-state index is 12.8. The number of amides is 1. The zero-order chi connectivity index (χ0) is 17.9. The first-order valence-electron chi connectivity index (χ1n) is 8.48. The molecule has 2 fully saturated rings. The van der Waals surface area contributed by atoms with Gasteiger partial charge in [0, 0.05) is 56.3 Å². The van der Waals surface area contributed by atoms with Gasteiger partial charge in [0.15, 0.2) is 0 Å². The van der Waals surface area contributed by atoms with E-state index in [1.54, 1.807) is 42.0 Å². The van der Waals surface area contributed by atoms with Gasteiger partial charge in [-0.1, -0.05) is 6.07 Å². The standard InChI is InChI=1S/C17H24N2O4S2/c1-23-13-14-5-6-18(12-14)17(20)15-3-2-4-16(11-15)25(21,22)19-7-9-24-10-8-19/h2-4,11,14H,5-10,12-13H2,1H3/t14-/m1/s1. The highest BCUT2D eigenvalue weighted by Gasteiger charge is 2.29. The van der Waals surface area contributed by atoms with Gasteiger partial charge in [0.1, 0.15) is 0 Å². The van der Waals surface area contributed by atoms with Crippen LogP contribution in [0.3, 0.4) is 0 Å². The van der Waals surface area contributed by atoms with Crippen LogP contribution in [0.15, 0.2) is 29.2 Å². The Kier molecular flexibility index (Phi) is 6.04. The highest BCUT2D eigenvalue weighted by atomic mass is 32.2. The SMILES string of the molecule is COC[C@@H]1CCN(C(=O)c2cccc(S(=O)(=O)N3CCSCC3)c2)C1. The maximum Gasteiger partial charge on any atom is 0.253 e. The summed E-state index contributed by atoms with van der Waals surface area (Å²) in [5.41, 5.74) is 0.436. The van der Waals surface area contributed by atoms with Crippen molar-refractivity contribution in [2.45, 2.75) is 11.3 Å². The van der Waals surface area contributed by atoms with Crippen molar-refractivity contribution < 1.29 is 17.9 Å². The lowest BCUT2D eigenvalue weighted by Gasteiger charge is -2.26. The minimum Gasteiger partial charge on any atom is -0.384 e. The molecule has 6 nitrogen and oxygen atoms in total. The highest BCUT2D eigenvalue weighted by Crippen LogP contribution is 2.23. The molecule has 2 saturated heterocycles. The van der Waals surface area contributed by atoms with Crippen LogP contribution in [0.25, 0.3) is 0 Å². The minimum atomic E-state index is -3.53. The molecule has 0 aromatic heterocycles. The molecule has 2 heterocycles. The van der Waals surface area contributed by atoms with Crippen LogP contribution < -0.4 is 0 Å². The molecule has 2 aliphatic rings. The Hall–Kier alpha value is -1.09. The molecule has 25 heavy (non-hydrogen) atoms. The molecule has 8 heteroatoms. The monoisotopic (exact) mass is 384 g/mol. The van der Waals surface area contributed by atoms with E-state index in [-0.39, 0.29) is 10.8 Å². The number of sulfonamides is 1. The summed E-state index contributed by atoms with van der Waals surface area (Å²) < 4.78 is 32.3. The predicted molar refractivity (Wildman–Crippen MR) is 98.4 cm³/mol. The molecule has 2 aliphatic heterocycles. The third kappa shape index (κ3) is 4.19. The third-order valence-corrected chi connectivity index (χ3v) is 7.50. The number of hydrogen-bond acceptors (Lipinski definition) is 5. The van der Waals surface area contributed by atoms with E-state index in [0.717, 1.165) is 17.9 Å². The average Bonchev–Trinajstić information content (AvgIpc) is 3.11. The Balaban J connectivity index is 1.76. The van der Waals surface area contributed by atoms with Crippen molar-refractivity contribution in [1.29, 1.82) is 0 Å². The van der Waals surface area contributed by atoms with Crippen molar-refractivity contribution in [3.05, 3.63) is 29.8 Å². The summed E-state index contributed by atoms with van der Waals surface area (Å²) in [5.74, 6) is 1.87. The summed E-state index contributed by atoms with van der Waals surface area (Å²) in [6.07, 6.45) is 0.920. The lowest BCUT2D eigenvalue weighted by Crippen LogP contribution is -2.38. The normalized spacial score (nSPS) is 22.3. The van der Waals surface area contributed by atoms with Crippen LogP contribution >= 0.6 is 11.8 Å². The van der Waals surface area contributed by atoms with Crippen molar-refractivity contribution in [3.8, 4) is 0 Å². The van der Waals surface area contributed by atoms with E-state index >= 15 is 0 Å². The van der Waals surface area contributed by atoms with Gasteiger partial charge in [0.05, 0.1) is 11.5 Å². The van der Waals surface area contributed by atoms with E-state index in [1.807, 2.05) is 0 Å². The van der Waals surface area contributed by atoms with E-state index in [1.165, 1.54) is 10.4 Å². The fourth-order valence-electron chi connectivity index (χ4n) is 3.30. The maximum atomic E-state index is 12.8. The van der Waals surface area contributed by atoms with Crippen LogP contribution in [0.4, 0.5) is 0 Å². The average molecular weight is 385 g/mol. The number of nitrogens with zero attached hydrogens (tertiary/aromatic N) is 2. The number of likely N-dealkylation sites (tertiary alicyclic amines) is 1. The van der Waals surface area contributed by atoms with Gasteiger partial charge >= 0.3 is 0 Å². The number of carbonyl (C=O) groups is 1. The van der Waals surface area contributed by atoms with E-state index in [0.29, 0.717) is 44.3 Å². The Labute approximate surface area is 153 Å². The zero-order valence-corrected chi connectivity index (χ0v) is 16.0. The Morgan fingerprint density at radius 2 is 2.04 bits per heavy atom. The van der Waals surface area contributed by atoms with Crippen molar-refractivity contribution in [2.75, 3.05) is 51.4 Å². The number of benzene rings is 1. The van der Waals surface area contributed by atoms with Gasteiger partial charge in [-0.2, -0.15) is 16.1 Å². The molecule has 0 saturated carbocycles. The van der Waals surface area contributed by atoms with E-state index in [2.05, 4.69) is 0 Å². The summed E-state index contributed by atoms with van der Waals surface area (Å²) in [5, 5.41) is 0. The molecule has 1 amide bonds. The molecule has 138 valence electrons. The quantitative estimate of drug-likeness (QED) is 0.770. The van der Waals surface area contributed by atoms with Crippen molar-refractivity contribution in [2.24, 2.45) is 5.92 Å². The van der Waals surface area contributed by atoms with Crippen molar-refractivity contribution in [1.82, 2.24) is 9.21 Å². The third-order valence-electron chi connectivity index (χ3n) is 4.66. The summed E-state index contributed by atoms with van der Waals surface area (Å²) in [4.78, 5) is 14.7. The van der Waals surface area contributed by atoms with Gasteiger partial charge in [0.2, 0.25) is 10.0 Å². The second kappa shape index (κ2) is 8.07. The van der Waals surface area contributed by atoms with Gasteiger partial charge in [-0.3, -0.25) is 4.79 Å². The first kappa shape index (κ1) is 18.7. The molecule has 0 bridgehead atoms. The van der Waals surface area contributed by atoms with E-state index in [9.17, 15) is 13.2 Å². The second-order valence-corrected chi connectivity index (χ2v) is 9.57. The highest BCUT2D eigenvalue weighted by molar-refractivity contribution is 7.99. The Bertz CT molecular complexity index is 717. The number of hydrogen-bond donors (Lipinski definition) is 0. The van der Waals surface area contributed by atoms with E-state index < -0.39 is 10.0 Å². The van der Waals surface area contributed by atoms with Gasteiger partial charge in [-0.25, -0.2) is 8.42 Å². The van der Waals surface area contributed by atoms with Crippen LogP contribution in [0.5, 0.6) is 0 Å². The van der Waals surface area contributed by atoms with Crippen molar-refractivity contribution in [3.63, 3.8) is 0 Å². The topological polar surface area (TPSA) is 66.9 Å². The zero-order valence-electron chi connectivity index (χ0n) is 14.4. The molecular formula is C17H24N2O4S2. The van der Waals surface area contributed by atoms with Crippen LogP contribution in [0.1, 0.15) is 16.8 Å². The van der Waals surface area contributed by atoms with Crippen LogP contribution in [0.2, 0.25) is 0 Å². The number of rotatable bonds is 5. The largest absolute Gasteiger partial charge is 0.384 e. The lowest BCUT2D eigenvalue weighted by atomic mass is 10.1. The number of carbonyl (C=O) groups excluding carboxylic acids is 1. The van der Waals surface area contributed by atoms with E-state index in [4.69, 9.17) is 4.74 Å². The van der Waals surface area contributed by atoms with Crippen LogP contribution in [-0.2, 0) is 14.8 Å². The molecular weight excluding hydrogens is 360 g/mol. The molecule has 0 unspecified atom stereocenters. The van der Waals surface area contributed by atoms with Crippen LogP contribution in [0, 0.1) is 5.92 Å². The fourth-order valence-corrected chi connectivity index (χ4v) is 5.92. The van der Waals surface area contributed by atoms with Gasteiger partial charge < -0.3 is 9.64 Å². The second-order valence-electron chi connectivity index (χ2n) is 6.41. The molecule has 0 radical (unpaired) electrons. The molecule has 0 aliphatic carbocycles. The number of thioether (sulfide) groups is 1. The molecule has 1 atom stereocenters.